The summed E-state index contributed by atoms with van der Waals surface area (Å²) in [5.41, 5.74) is 3.13. The molecule has 0 aliphatic heterocycles. The number of rotatable bonds is 7. The molecule has 2 heterocycles. The van der Waals surface area contributed by atoms with Gasteiger partial charge in [-0.05, 0) is 39.0 Å². The number of hydrogen-bond acceptors (Lipinski definition) is 5. The summed E-state index contributed by atoms with van der Waals surface area (Å²) in [4.78, 5) is 8.83. The van der Waals surface area contributed by atoms with Gasteiger partial charge in [-0.2, -0.15) is 16.4 Å². The van der Waals surface area contributed by atoms with Gasteiger partial charge in [0.25, 0.3) is 0 Å². The first kappa shape index (κ1) is 19.1. The third kappa shape index (κ3) is 6.28. The van der Waals surface area contributed by atoms with Gasteiger partial charge in [0.2, 0.25) is 0 Å². The largest absolute Gasteiger partial charge is 0.388 e. The van der Waals surface area contributed by atoms with Crippen molar-refractivity contribution in [3.05, 3.63) is 69.6 Å². The van der Waals surface area contributed by atoms with Gasteiger partial charge in [0, 0.05) is 53.7 Å². The van der Waals surface area contributed by atoms with E-state index in [9.17, 15) is 0 Å². The molecule has 0 aliphatic carbocycles. The van der Waals surface area contributed by atoms with Crippen molar-refractivity contribution in [1.29, 1.82) is 0 Å². The first-order valence-electron chi connectivity index (χ1n) is 7.57. The van der Waals surface area contributed by atoms with Crippen LogP contribution in [0.15, 0.2) is 68.6 Å². The van der Waals surface area contributed by atoms with Crippen molar-refractivity contribution in [2.24, 2.45) is 10.1 Å². The predicted octanol–water partition coefficient (Wildman–Crippen LogP) is 4.13. The van der Waals surface area contributed by atoms with Gasteiger partial charge in [-0.15, -0.1) is 0 Å². The van der Waals surface area contributed by atoms with Gasteiger partial charge < -0.3 is 5.32 Å². The molecule has 7 heteroatoms. The number of thiophene rings is 1. The molecule has 0 atom stereocenters. The molecule has 0 spiro atoms. The van der Waals surface area contributed by atoms with Gasteiger partial charge in [0.05, 0.1) is 12.8 Å². The monoisotopic (exact) mass is 417 g/mol. The maximum atomic E-state index is 4.70. The summed E-state index contributed by atoms with van der Waals surface area (Å²) in [6.45, 7) is 4.29. The van der Waals surface area contributed by atoms with E-state index in [-0.39, 0.29) is 0 Å². The van der Waals surface area contributed by atoms with Crippen LogP contribution in [0, 0.1) is 0 Å². The van der Waals surface area contributed by atoms with E-state index >= 15 is 0 Å². The molecule has 0 saturated carbocycles. The summed E-state index contributed by atoms with van der Waals surface area (Å²) < 4.78 is 0.696. The van der Waals surface area contributed by atoms with Crippen molar-refractivity contribution in [2.75, 3.05) is 14.1 Å². The number of amidine groups is 1. The normalized spacial score (nSPS) is 12.4. The zero-order chi connectivity index (χ0) is 18.1. The molecule has 130 valence electrons. The zero-order valence-corrected chi connectivity index (χ0v) is 16.6. The SMILES string of the molecule is C=C(Br)/C=N\N(C)C(C=C(NC)c1ccsc1)=NCc1cccnc1. The topological polar surface area (TPSA) is 52.9 Å². The standard InChI is InChI=1S/C18H20BrN5S/c1-14(19)10-23-24(3)18(22-12-15-5-4-7-21-11-15)9-17(20-2)16-6-8-25-13-16/h4-11,13,20H,1,12H2,2-3H3/b17-9?,22-18?,23-10-. The number of hydrazone groups is 1. The molecule has 0 radical (unpaired) electrons. The first-order chi connectivity index (χ1) is 12.1. The first-order valence-corrected chi connectivity index (χ1v) is 9.31. The molecular weight excluding hydrogens is 398 g/mol. The highest BCUT2D eigenvalue weighted by Crippen LogP contribution is 2.15. The molecular formula is C18H20BrN5S. The Morgan fingerprint density at radius 2 is 2.32 bits per heavy atom. The second-order valence-corrected chi connectivity index (χ2v) is 6.87. The van der Waals surface area contributed by atoms with Crippen LogP contribution >= 0.6 is 27.3 Å². The van der Waals surface area contributed by atoms with Gasteiger partial charge in [0.15, 0.2) is 0 Å². The fourth-order valence-electron chi connectivity index (χ4n) is 1.96. The lowest BCUT2D eigenvalue weighted by Gasteiger charge is -2.15. The highest BCUT2D eigenvalue weighted by Gasteiger charge is 2.07. The highest BCUT2D eigenvalue weighted by atomic mass is 79.9. The minimum atomic E-state index is 0.523. The Morgan fingerprint density at radius 3 is 2.92 bits per heavy atom. The third-order valence-corrected chi connectivity index (χ3v) is 4.11. The Balaban J connectivity index is 2.32. The van der Waals surface area contributed by atoms with E-state index in [1.165, 1.54) is 0 Å². The molecule has 2 aromatic heterocycles. The number of aliphatic imine (C=N–C) groups is 1. The second kappa shape index (κ2) is 9.90. The molecule has 0 aromatic carbocycles. The number of allylic oxidation sites excluding steroid dienone is 1. The van der Waals surface area contributed by atoms with Crippen LogP contribution in [0.2, 0.25) is 0 Å². The quantitative estimate of drug-likeness (QED) is 0.418. The van der Waals surface area contributed by atoms with E-state index in [0.717, 1.165) is 22.7 Å². The molecule has 2 aromatic rings. The smallest absolute Gasteiger partial charge is 0.146 e. The van der Waals surface area contributed by atoms with Crippen LogP contribution in [0.5, 0.6) is 0 Å². The third-order valence-electron chi connectivity index (χ3n) is 3.22. The summed E-state index contributed by atoms with van der Waals surface area (Å²) in [5.74, 6) is 0.726. The van der Waals surface area contributed by atoms with E-state index in [1.54, 1.807) is 28.8 Å². The number of likely N-dealkylation sites (N-methyl/N-ethyl adjacent to an activating group) is 1. The van der Waals surface area contributed by atoms with Gasteiger partial charge in [-0.3, -0.25) is 15.0 Å². The van der Waals surface area contributed by atoms with Crippen LogP contribution in [-0.2, 0) is 6.54 Å². The van der Waals surface area contributed by atoms with Crippen molar-refractivity contribution in [3.63, 3.8) is 0 Å². The van der Waals surface area contributed by atoms with Crippen molar-refractivity contribution in [3.8, 4) is 0 Å². The lowest BCUT2D eigenvalue weighted by Crippen LogP contribution is -2.21. The minimum Gasteiger partial charge on any atom is -0.388 e. The van der Waals surface area contributed by atoms with Crippen LogP contribution in [0.3, 0.4) is 0 Å². The number of nitrogens with zero attached hydrogens (tertiary/aromatic N) is 4. The fraction of sp³-hybridized carbons (Fsp3) is 0.167. The molecule has 2 rings (SSSR count). The summed E-state index contributed by atoms with van der Waals surface area (Å²) in [6.07, 6.45) is 7.18. The fourth-order valence-corrected chi connectivity index (χ4v) is 2.71. The van der Waals surface area contributed by atoms with Gasteiger partial charge >= 0.3 is 0 Å². The number of aromatic nitrogens is 1. The Morgan fingerprint density at radius 1 is 1.48 bits per heavy atom. The summed E-state index contributed by atoms with van der Waals surface area (Å²) in [5, 5.41) is 13.4. The van der Waals surface area contributed by atoms with E-state index < -0.39 is 0 Å². The molecule has 0 amide bonds. The zero-order valence-electron chi connectivity index (χ0n) is 14.2. The Bertz CT molecular complexity index is 766. The maximum Gasteiger partial charge on any atom is 0.146 e. The lowest BCUT2D eigenvalue weighted by molar-refractivity contribution is 0.547. The van der Waals surface area contributed by atoms with Crippen LogP contribution in [0.4, 0.5) is 0 Å². The van der Waals surface area contributed by atoms with Crippen molar-refractivity contribution in [2.45, 2.75) is 6.54 Å². The molecule has 5 nitrogen and oxygen atoms in total. The van der Waals surface area contributed by atoms with E-state index in [0.29, 0.717) is 11.0 Å². The molecule has 1 N–H and O–H groups in total. The van der Waals surface area contributed by atoms with E-state index in [1.807, 2.05) is 43.9 Å². The molecule has 0 aliphatic rings. The van der Waals surface area contributed by atoms with Crippen molar-refractivity contribution in [1.82, 2.24) is 15.3 Å². The minimum absolute atomic E-state index is 0.523. The number of pyridine rings is 1. The van der Waals surface area contributed by atoms with Crippen LogP contribution in [0.1, 0.15) is 11.1 Å². The van der Waals surface area contributed by atoms with Gasteiger partial charge in [-0.25, -0.2) is 0 Å². The lowest BCUT2D eigenvalue weighted by atomic mass is 10.2. The average Bonchev–Trinajstić information content (AvgIpc) is 3.15. The second-order valence-electron chi connectivity index (χ2n) is 5.07. The Labute approximate surface area is 160 Å². The van der Waals surface area contributed by atoms with Crippen molar-refractivity contribution < 1.29 is 0 Å². The van der Waals surface area contributed by atoms with Crippen LogP contribution in [-0.4, -0.2) is 36.1 Å². The van der Waals surface area contributed by atoms with E-state index in [2.05, 4.69) is 49.4 Å². The van der Waals surface area contributed by atoms with E-state index in [4.69, 9.17) is 4.99 Å². The number of nitrogens with one attached hydrogen (secondary N) is 1. The molecule has 0 unspecified atom stereocenters. The highest BCUT2D eigenvalue weighted by molar-refractivity contribution is 9.12. The molecule has 0 fully saturated rings. The Kier molecular flexibility index (Phi) is 7.56. The van der Waals surface area contributed by atoms with Gasteiger partial charge in [0.1, 0.15) is 5.84 Å². The molecule has 25 heavy (non-hydrogen) atoms. The molecule has 0 saturated heterocycles. The van der Waals surface area contributed by atoms with Crippen molar-refractivity contribution >= 4 is 45.0 Å². The number of hydrogen-bond donors (Lipinski definition) is 1. The maximum absolute atomic E-state index is 4.70. The summed E-state index contributed by atoms with van der Waals surface area (Å²) in [7, 11) is 3.75. The molecule has 0 bridgehead atoms. The number of halogens is 1. The Hall–Kier alpha value is -2.25. The van der Waals surface area contributed by atoms with Crippen LogP contribution in [0.25, 0.3) is 5.70 Å². The van der Waals surface area contributed by atoms with Gasteiger partial charge in [-0.1, -0.05) is 12.6 Å². The summed E-state index contributed by atoms with van der Waals surface area (Å²) >= 11 is 4.93. The summed E-state index contributed by atoms with van der Waals surface area (Å²) in [6, 6.07) is 5.97. The predicted molar refractivity (Wildman–Crippen MR) is 111 cm³/mol. The van der Waals surface area contributed by atoms with Crippen LogP contribution < -0.4 is 5.32 Å². The average molecular weight is 418 g/mol.